The molecule has 2 N–H and O–H groups in total. The van der Waals surface area contributed by atoms with E-state index in [1.54, 1.807) is 13.2 Å². The Morgan fingerprint density at radius 1 is 1.17 bits per heavy atom. The topological polar surface area (TPSA) is 97.8 Å². The second kappa shape index (κ2) is 13.8. The van der Waals surface area contributed by atoms with E-state index >= 15 is 0 Å². The van der Waals surface area contributed by atoms with Gasteiger partial charge >= 0.3 is 6.18 Å². The number of alkyl halides is 3. The molecule has 1 aliphatic carbocycles. The van der Waals surface area contributed by atoms with Gasteiger partial charge in [-0.15, -0.1) is 0 Å². The first kappa shape index (κ1) is 30.9. The molecular weight excluding hydrogens is 551 g/mol. The number of hydrogen-bond donors (Lipinski definition) is 2. The summed E-state index contributed by atoms with van der Waals surface area (Å²) in [4.78, 5) is 24.0. The van der Waals surface area contributed by atoms with Crippen LogP contribution in [-0.2, 0) is 14.2 Å². The number of hydrogen-bond acceptors (Lipinski definition) is 8. The van der Waals surface area contributed by atoms with Gasteiger partial charge in [-0.1, -0.05) is 18.2 Å². The van der Waals surface area contributed by atoms with Crippen LogP contribution < -0.4 is 10.6 Å². The third-order valence-electron chi connectivity index (χ3n) is 8.94. The lowest BCUT2D eigenvalue weighted by Gasteiger charge is -2.38. The van der Waals surface area contributed by atoms with E-state index in [-0.39, 0.29) is 36.2 Å². The molecule has 0 aromatic carbocycles. The lowest BCUT2D eigenvalue weighted by Crippen LogP contribution is -2.54. The molecule has 4 aliphatic rings. The van der Waals surface area contributed by atoms with Crippen molar-refractivity contribution in [2.45, 2.75) is 88.4 Å². The van der Waals surface area contributed by atoms with E-state index in [0.717, 1.165) is 45.1 Å². The Balaban J connectivity index is 1.11. The zero-order valence-corrected chi connectivity index (χ0v) is 24.4. The number of nitrogens with zero attached hydrogens (tertiary/aromatic N) is 3. The van der Waals surface area contributed by atoms with Crippen molar-refractivity contribution in [3.63, 3.8) is 0 Å². The summed E-state index contributed by atoms with van der Waals surface area (Å²) in [7, 11) is 1.72. The Morgan fingerprint density at radius 3 is 2.69 bits per heavy atom. The molecule has 232 valence electrons. The molecule has 3 fully saturated rings. The number of allylic oxidation sites excluding steroid dienone is 3. The predicted molar refractivity (Wildman–Crippen MR) is 151 cm³/mol. The van der Waals surface area contributed by atoms with Gasteiger partial charge in [-0.2, -0.15) is 13.2 Å². The number of carbonyl (C=O) groups excluding carboxylic acids is 1. The largest absolute Gasteiger partial charge is 0.416 e. The van der Waals surface area contributed by atoms with E-state index in [9.17, 15) is 18.0 Å². The lowest BCUT2D eigenvalue weighted by atomic mass is 9.87. The minimum absolute atomic E-state index is 0.0469. The third kappa shape index (κ3) is 7.50. The van der Waals surface area contributed by atoms with Crippen molar-refractivity contribution in [3.8, 4) is 0 Å². The summed E-state index contributed by atoms with van der Waals surface area (Å²) in [5.41, 5.74) is 0.499. The van der Waals surface area contributed by atoms with Gasteiger partial charge < -0.3 is 29.7 Å². The zero-order valence-electron chi connectivity index (χ0n) is 24.4. The first-order valence-electron chi connectivity index (χ1n) is 15.0. The number of methoxy groups -OCH3 is 1. The van der Waals surface area contributed by atoms with Crippen LogP contribution in [0, 0.1) is 12.8 Å². The van der Waals surface area contributed by atoms with E-state index in [2.05, 4.69) is 20.6 Å². The van der Waals surface area contributed by atoms with Crippen molar-refractivity contribution < 1.29 is 32.2 Å². The van der Waals surface area contributed by atoms with E-state index in [0.29, 0.717) is 55.8 Å². The van der Waals surface area contributed by atoms with Crippen LogP contribution in [0.3, 0.4) is 0 Å². The van der Waals surface area contributed by atoms with Gasteiger partial charge in [0.2, 0.25) is 0 Å². The highest BCUT2D eigenvalue weighted by atomic mass is 19.4. The van der Waals surface area contributed by atoms with Gasteiger partial charge in [-0.25, -0.2) is 9.97 Å². The third-order valence-corrected chi connectivity index (χ3v) is 8.94. The highest BCUT2D eigenvalue weighted by Crippen LogP contribution is 2.35. The number of rotatable bonds is 8. The van der Waals surface area contributed by atoms with Crippen LogP contribution in [0.15, 0.2) is 30.1 Å². The molecule has 5 atom stereocenters. The van der Waals surface area contributed by atoms with E-state index in [4.69, 9.17) is 14.2 Å². The number of halogens is 3. The van der Waals surface area contributed by atoms with Crippen molar-refractivity contribution in [1.29, 1.82) is 0 Å². The molecule has 1 amide bonds. The van der Waals surface area contributed by atoms with Gasteiger partial charge in [0.15, 0.2) is 0 Å². The normalized spacial score (nSPS) is 29.3. The Morgan fingerprint density at radius 2 is 1.98 bits per heavy atom. The van der Waals surface area contributed by atoms with Crippen LogP contribution >= 0.6 is 0 Å². The smallest absolute Gasteiger partial charge is 0.379 e. The fraction of sp³-hybridized carbons (Fsp3) is 0.700. The van der Waals surface area contributed by atoms with Gasteiger partial charge in [0.25, 0.3) is 5.91 Å². The molecular formula is C30H42F3N5O4. The summed E-state index contributed by atoms with van der Waals surface area (Å²) in [5.74, 6) is 0.430. The summed E-state index contributed by atoms with van der Waals surface area (Å²) in [5, 5.41) is 7.05. The summed E-state index contributed by atoms with van der Waals surface area (Å²) in [6, 6.07) is 0.583. The minimum atomic E-state index is -4.32. The second-order valence-corrected chi connectivity index (χ2v) is 11.7. The summed E-state index contributed by atoms with van der Waals surface area (Å²) in [6.07, 6.45) is 6.55. The second-order valence-electron chi connectivity index (χ2n) is 11.7. The first-order chi connectivity index (χ1) is 20.2. The minimum Gasteiger partial charge on any atom is -0.379 e. The van der Waals surface area contributed by atoms with Crippen LogP contribution in [0.25, 0.3) is 0 Å². The van der Waals surface area contributed by atoms with Crippen LogP contribution in [0.2, 0.25) is 0 Å². The number of likely N-dealkylation sites (tertiary alicyclic amines) is 1. The number of carbonyl (C=O) groups is 1. The standard InChI is InChI=1S/C30H42F3N5O4/c1-19-27(29(39)38-13-10-22(11-14-38)37-24-12-15-41-17-26(24)40-2)35-18-36-28(19)34-16-23-4-3-5-25(42-23)20-6-8-21(9-7-20)30(31,32)33/h6,8-9,18,20,22-26,37H,3-5,7,10-17H2,1-2H3,(H,34,35,36)/t20?,23-,24+,25+,26-/m1/s1. The van der Waals surface area contributed by atoms with Crippen LogP contribution in [0.4, 0.5) is 19.0 Å². The van der Waals surface area contributed by atoms with E-state index in [1.807, 2.05) is 11.8 Å². The summed E-state index contributed by atoms with van der Waals surface area (Å²) >= 11 is 0. The quantitative estimate of drug-likeness (QED) is 0.463. The molecule has 4 heterocycles. The molecule has 42 heavy (non-hydrogen) atoms. The van der Waals surface area contributed by atoms with Gasteiger partial charge in [0.05, 0.1) is 30.5 Å². The maximum atomic E-state index is 13.4. The highest BCUT2D eigenvalue weighted by molar-refractivity contribution is 5.94. The van der Waals surface area contributed by atoms with Gasteiger partial charge in [-0.3, -0.25) is 4.79 Å². The number of piperidine rings is 1. The van der Waals surface area contributed by atoms with Crippen molar-refractivity contribution in [1.82, 2.24) is 20.2 Å². The molecule has 12 heteroatoms. The number of aromatic nitrogens is 2. The maximum Gasteiger partial charge on any atom is 0.416 e. The Hall–Kier alpha value is -2.54. The molecule has 1 aromatic heterocycles. The fourth-order valence-corrected chi connectivity index (χ4v) is 6.41. The van der Waals surface area contributed by atoms with Crippen LogP contribution in [-0.4, -0.2) is 97.3 Å². The fourth-order valence-electron chi connectivity index (χ4n) is 6.41. The van der Waals surface area contributed by atoms with Crippen molar-refractivity contribution >= 4 is 11.7 Å². The summed E-state index contributed by atoms with van der Waals surface area (Å²) < 4.78 is 56.3. The van der Waals surface area contributed by atoms with Crippen LogP contribution in [0.1, 0.15) is 61.0 Å². The lowest BCUT2D eigenvalue weighted by molar-refractivity contribution is -0.0899. The Kier molecular flexibility index (Phi) is 10.2. The number of nitrogens with one attached hydrogen (secondary N) is 2. The summed E-state index contributed by atoms with van der Waals surface area (Å²) in [6.45, 7) is 4.97. The van der Waals surface area contributed by atoms with Gasteiger partial charge in [0.1, 0.15) is 17.8 Å². The number of amides is 1. The molecule has 5 rings (SSSR count). The molecule has 1 unspecified atom stereocenters. The number of ether oxygens (including phenoxy) is 3. The molecule has 3 saturated heterocycles. The van der Waals surface area contributed by atoms with Crippen molar-refractivity contribution in [3.05, 3.63) is 41.4 Å². The first-order valence-corrected chi connectivity index (χ1v) is 15.0. The SMILES string of the molecule is CO[C@@H]1COCC[C@@H]1NC1CCN(C(=O)c2ncnc(NC[C@H]3CCC[C@@H](C4C=CC(C(F)(F)F)=CC4)O3)c2C)CC1. The van der Waals surface area contributed by atoms with Crippen LogP contribution in [0.5, 0.6) is 0 Å². The molecule has 1 aromatic rings. The van der Waals surface area contributed by atoms with E-state index in [1.165, 1.54) is 18.5 Å². The monoisotopic (exact) mass is 593 g/mol. The average molecular weight is 594 g/mol. The van der Waals surface area contributed by atoms with Crippen molar-refractivity contribution in [2.75, 3.05) is 45.3 Å². The Bertz CT molecular complexity index is 1140. The van der Waals surface area contributed by atoms with E-state index < -0.39 is 11.7 Å². The predicted octanol–water partition coefficient (Wildman–Crippen LogP) is 4.20. The zero-order chi connectivity index (χ0) is 29.7. The average Bonchev–Trinajstić information content (AvgIpc) is 3.01. The molecule has 0 saturated carbocycles. The Labute approximate surface area is 245 Å². The van der Waals surface area contributed by atoms with Crippen molar-refractivity contribution in [2.24, 2.45) is 5.92 Å². The molecule has 0 spiro atoms. The molecule has 0 bridgehead atoms. The highest BCUT2D eigenvalue weighted by Gasteiger charge is 2.36. The molecule has 3 aliphatic heterocycles. The van der Waals surface area contributed by atoms with Gasteiger partial charge in [-0.05, 0) is 51.9 Å². The maximum absolute atomic E-state index is 13.4. The number of anilines is 1. The van der Waals surface area contributed by atoms with Gasteiger partial charge in [0, 0.05) is 56.9 Å². The molecule has 0 radical (unpaired) electrons. The molecule has 9 nitrogen and oxygen atoms in total.